The number of rotatable bonds is 2. The Bertz CT molecular complexity index is 1170. The summed E-state index contributed by atoms with van der Waals surface area (Å²) in [6.45, 7) is 1.90. The minimum Gasteiger partial charge on any atom is -0.398 e. The van der Waals surface area contributed by atoms with E-state index in [4.69, 9.17) is 17.3 Å². The Hall–Kier alpha value is -3.18. The fraction of sp³-hybridized carbons (Fsp3) is 0.0500. The van der Waals surface area contributed by atoms with Crippen molar-refractivity contribution in [2.24, 2.45) is 0 Å². The number of carbonyl (C=O) groups excluding carboxylic acids is 1. The van der Waals surface area contributed by atoms with E-state index in [1.165, 1.54) is 0 Å². The van der Waals surface area contributed by atoms with Gasteiger partial charge in [0.25, 0.3) is 5.91 Å². The van der Waals surface area contributed by atoms with Crippen LogP contribution >= 0.6 is 11.6 Å². The van der Waals surface area contributed by atoms with Crippen LogP contribution in [0.2, 0.25) is 5.15 Å². The number of nitrogens with one attached hydrogen (secondary N) is 1. The Balaban J connectivity index is 1.65. The molecule has 6 heteroatoms. The quantitative estimate of drug-likeness (QED) is 0.511. The number of aryl methyl sites for hydroxylation is 1. The minimum atomic E-state index is -0.208. The molecule has 0 unspecified atom stereocenters. The van der Waals surface area contributed by atoms with Crippen LogP contribution in [0.15, 0.2) is 54.6 Å². The van der Waals surface area contributed by atoms with E-state index in [0.717, 1.165) is 27.5 Å². The fourth-order valence-electron chi connectivity index (χ4n) is 2.91. The molecule has 128 valence electrons. The summed E-state index contributed by atoms with van der Waals surface area (Å²) in [5, 5.41) is 4.99. The second-order valence-corrected chi connectivity index (χ2v) is 6.47. The van der Waals surface area contributed by atoms with Gasteiger partial charge in [0.2, 0.25) is 0 Å². The number of nitrogens with two attached hydrogens (primary N) is 1. The van der Waals surface area contributed by atoms with Gasteiger partial charge in [0.15, 0.2) is 0 Å². The van der Waals surface area contributed by atoms with Crippen molar-refractivity contribution in [3.8, 4) is 0 Å². The number of pyridine rings is 2. The Labute approximate surface area is 154 Å². The highest BCUT2D eigenvalue weighted by atomic mass is 35.5. The Kier molecular flexibility index (Phi) is 3.93. The van der Waals surface area contributed by atoms with E-state index >= 15 is 0 Å². The van der Waals surface area contributed by atoms with Gasteiger partial charge in [-0.25, -0.2) is 4.98 Å². The molecule has 0 fully saturated rings. The van der Waals surface area contributed by atoms with Gasteiger partial charge in [0.1, 0.15) is 5.15 Å². The summed E-state index contributed by atoms with van der Waals surface area (Å²) in [5.41, 5.74) is 10.3. The first-order chi connectivity index (χ1) is 12.5. The van der Waals surface area contributed by atoms with E-state index in [9.17, 15) is 4.79 Å². The summed E-state index contributed by atoms with van der Waals surface area (Å²) in [6, 6.07) is 16.1. The maximum absolute atomic E-state index is 12.6. The number of aromatic nitrogens is 2. The van der Waals surface area contributed by atoms with Crippen LogP contribution in [0, 0.1) is 6.92 Å². The molecule has 0 aliphatic rings. The predicted molar refractivity (Wildman–Crippen MR) is 106 cm³/mol. The number of hydrogen-bond donors (Lipinski definition) is 2. The van der Waals surface area contributed by atoms with Crippen molar-refractivity contribution in [2.75, 3.05) is 11.1 Å². The van der Waals surface area contributed by atoms with Gasteiger partial charge in [-0.2, -0.15) is 0 Å². The molecule has 26 heavy (non-hydrogen) atoms. The number of halogens is 1. The molecule has 0 saturated heterocycles. The molecule has 0 aliphatic heterocycles. The van der Waals surface area contributed by atoms with E-state index in [0.29, 0.717) is 22.1 Å². The number of hydrogen-bond acceptors (Lipinski definition) is 4. The third-order valence-electron chi connectivity index (χ3n) is 4.14. The zero-order chi connectivity index (χ0) is 18.3. The van der Waals surface area contributed by atoms with Crippen molar-refractivity contribution in [2.45, 2.75) is 6.92 Å². The molecular weight excluding hydrogens is 348 g/mol. The monoisotopic (exact) mass is 362 g/mol. The van der Waals surface area contributed by atoms with Crippen molar-refractivity contribution in [3.05, 3.63) is 71.0 Å². The molecule has 2 aromatic carbocycles. The summed E-state index contributed by atoms with van der Waals surface area (Å²) in [6.07, 6.45) is 0. The molecule has 4 rings (SSSR count). The summed E-state index contributed by atoms with van der Waals surface area (Å²) in [7, 11) is 0. The number of benzene rings is 2. The van der Waals surface area contributed by atoms with Crippen LogP contribution in [0.1, 0.15) is 16.1 Å². The molecule has 0 radical (unpaired) electrons. The van der Waals surface area contributed by atoms with Crippen LogP contribution in [-0.2, 0) is 0 Å². The van der Waals surface area contributed by atoms with Gasteiger partial charge in [-0.05, 0) is 61.5 Å². The van der Waals surface area contributed by atoms with E-state index in [2.05, 4.69) is 15.3 Å². The van der Waals surface area contributed by atoms with Gasteiger partial charge in [-0.15, -0.1) is 0 Å². The Morgan fingerprint density at radius 3 is 2.65 bits per heavy atom. The number of amides is 1. The normalized spacial score (nSPS) is 11.0. The van der Waals surface area contributed by atoms with Crippen molar-refractivity contribution < 1.29 is 4.79 Å². The first-order valence-corrected chi connectivity index (χ1v) is 8.42. The fourth-order valence-corrected chi connectivity index (χ4v) is 3.07. The minimum absolute atomic E-state index is 0.208. The predicted octanol–water partition coefficient (Wildman–Crippen LogP) is 4.58. The van der Waals surface area contributed by atoms with Crippen LogP contribution in [0.25, 0.3) is 21.8 Å². The molecule has 0 spiro atoms. The van der Waals surface area contributed by atoms with E-state index in [1.807, 2.05) is 37.3 Å². The SMILES string of the molecule is Cc1cc(N)c2cc(NC(=O)c3ccc4nc(Cl)ccc4c3)ccc2n1. The maximum atomic E-state index is 12.6. The summed E-state index contributed by atoms with van der Waals surface area (Å²) in [4.78, 5) is 21.3. The average Bonchev–Trinajstić information content (AvgIpc) is 2.61. The molecule has 1 amide bonds. The molecule has 2 aromatic heterocycles. The summed E-state index contributed by atoms with van der Waals surface area (Å²) >= 11 is 5.89. The number of anilines is 2. The molecule has 0 atom stereocenters. The Morgan fingerprint density at radius 1 is 1.00 bits per heavy atom. The third-order valence-corrected chi connectivity index (χ3v) is 4.35. The lowest BCUT2D eigenvalue weighted by Gasteiger charge is -2.09. The second-order valence-electron chi connectivity index (χ2n) is 6.08. The molecule has 3 N–H and O–H groups in total. The zero-order valence-corrected chi connectivity index (χ0v) is 14.7. The highest BCUT2D eigenvalue weighted by molar-refractivity contribution is 6.29. The lowest BCUT2D eigenvalue weighted by molar-refractivity contribution is 0.102. The highest BCUT2D eigenvalue weighted by Gasteiger charge is 2.09. The maximum Gasteiger partial charge on any atom is 0.255 e. The number of carbonyl (C=O) groups is 1. The molecule has 5 nitrogen and oxygen atoms in total. The van der Waals surface area contributed by atoms with Crippen molar-refractivity contribution in [3.63, 3.8) is 0 Å². The lowest BCUT2D eigenvalue weighted by Crippen LogP contribution is -2.11. The third kappa shape index (κ3) is 3.05. The molecule has 4 aromatic rings. The van der Waals surface area contributed by atoms with Gasteiger partial charge in [0.05, 0.1) is 11.0 Å². The zero-order valence-electron chi connectivity index (χ0n) is 14.0. The highest BCUT2D eigenvalue weighted by Crippen LogP contribution is 2.25. The molecular formula is C20H15ClN4O. The molecule has 0 bridgehead atoms. The van der Waals surface area contributed by atoms with Crippen molar-refractivity contribution in [1.82, 2.24) is 9.97 Å². The summed E-state index contributed by atoms with van der Waals surface area (Å²) < 4.78 is 0. The van der Waals surface area contributed by atoms with E-state index < -0.39 is 0 Å². The number of nitrogen functional groups attached to an aromatic ring is 1. The second kappa shape index (κ2) is 6.28. The van der Waals surface area contributed by atoms with E-state index in [-0.39, 0.29) is 5.91 Å². The Morgan fingerprint density at radius 2 is 1.81 bits per heavy atom. The largest absolute Gasteiger partial charge is 0.398 e. The van der Waals surface area contributed by atoms with Crippen LogP contribution in [-0.4, -0.2) is 15.9 Å². The first-order valence-electron chi connectivity index (χ1n) is 8.04. The van der Waals surface area contributed by atoms with Crippen LogP contribution < -0.4 is 11.1 Å². The molecule has 0 aliphatic carbocycles. The lowest BCUT2D eigenvalue weighted by atomic mass is 10.1. The molecule has 0 saturated carbocycles. The van der Waals surface area contributed by atoms with Crippen LogP contribution in [0.3, 0.4) is 0 Å². The molecule has 2 heterocycles. The van der Waals surface area contributed by atoms with Gasteiger partial charge < -0.3 is 11.1 Å². The van der Waals surface area contributed by atoms with Crippen molar-refractivity contribution >= 4 is 50.7 Å². The number of nitrogens with zero attached hydrogens (tertiary/aromatic N) is 2. The number of fused-ring (bicyclic) bond motifs is 2. The van der Waals surface area contributed by atoms with Gasteiger partial charge in [-0.3, -0.25) is 9.78 Å². The summed E-state index contributed by atoms with van der Waals surface area (Å²) in [5.74, 6) is -0.208. The van der Waals surface area contributed by atoms with Crippen LogP contribution in [0.5, 0.6) is 0 Å². The van der Waals surface area contributed by atoms with Gasteiger partial charge >= 0.3 is 0 Å². The van der Waals surface area contributed by atoms with Gasteiger partial charge in [0, 0.05) is 33.4 Å². The van der Waals surface area contributed by atoms with Crippen molar-refractivity contribution in [1.29, 1.82) is 0 Å². The van der Waals surface area contributed by atoms with E-state index in [1.54, 1.807) is 24.3 Å². The smallest absolute Gasteiger partial charge is 0.255 e. The van der Waals surface area contributed by atoms with Crippen LogP contribution in [0.4, 0.5) is 11.4 Å². The van der Waals surface area contributed by atoms with Gasteiger partial charge in [-0.1, -0.05) is 11.6 Å². The first kappa shape index (κ1) is 16.3. The standard InChI is InChI=1S/C20H15ClN4O/c1-11-8-16(22)15-10-14(4-6-18(15)23-11)24-20(26)13-2-5-17-12(9-13)3-7-19(21)25-17/h2-10H,1H3,(H2,22,23)(H,24,26). The average molecular weight is 363 g/mol. The topological polar surface area (TPSA) is 80.9 Å².